The van der Waals surface area contributed by atoms with Gasteiger partial charge in [0.05, 0.1) is 0 Å². The van der Waals surface area contributed by atoms with E-state index in [2.05, 4.69) is 0 Å². The summed E-state index contributed by atoms with van der Waals surface area (Å²) in [5.41, 5.74) is 2.74. The minimum absolute atomic E-state index is 0.0244. The molecule has 2 rings (SSSR count). The standard InChI is InChI=1S/C16H18O6S2/c1-9-5-13(15(7-11(9)3)23(17,18)19)14-6-10(2)12(4)8-16(14)24(20,21)22/h5-8H,1-4H3,(H,17,18,19)(H,20,21,22). The van der Waals surface area contributed by atoms with E-state index in [1.54, 1.807) is 27.7 Å². The molecule has 130 valence electrons. The average molecular weight is 370 g/mol. The lowest BCUT2D eigenvalue weighted by Crippen LogP contribution is -2.07. The molecule has 2 aromatic rings. The summed E-state index contributed by atoms with van der Waals surface area (Å²) in [5, 5.41) is 0. The molecule has 0 aliphatic rings. The Morgan fingerprint density at radius 2 is 0.833 bits per heavy atom. The molecule has 0 aliphatic carbocycles. The third-order valence-corrected chi connectivity index (χ3v) is 5.82. The van der Waals surface area contributed by atoms with Crippen LogP contribution < -0.4 is 0 Å². The van der Waals surface area contributed by atoms with Crippen molar-refractivity contribution in [3.8, 4) is 11.1 Å². The van der Waals surface area contributed by atoms with Crippen molar-refractivity contribution in [3.63, 3.8) is 0 Å². The van der Waals surface area contributed by atoms with E-state index in [1.807, 2.05) is 0 Å². The van der Waals surface area contributed by atoms with Crippen LogP contribution in [0.15, 0.2) is 34.1 Å². The highest BCUT2D eigenvalue weighted by molar-refractivity contribution is 7.86. The summed E-state index contributed by atoms with van der Waals surface area (Å²) in [7, 11) is -9.17. The predicted octanol–water partition coefficient (Wildman–Crippen LogP) is 3.08. The Morgan fingerprint density at radius 1 is 0.583 bits per heavy atom. The number of hydrogen-bond donors (Lipinski definition) is 2. The zero-order chi connectivity index (χ0) is 18.4. The van der Waals surface area contributed by atoms with Crippen LogP contribution in [0.25, 0.3) is 11.1 Å². The van der Waals surface area contributed by atoms with Crippen LogP contribution in [0.5, 0.6) is 0 Å². The topological polar surface area (TPSA) is 109 Å². The van der Waals surface area contributed by atoms with E-state index in [4.69, 9.17) is 0 Å². The monoisotopic (exact) mass is 370 g/mol. The highest BCUT2D eigenvalue weighted by atomic mass is 32.2. The first-order valence-corrected chi connectivity index (χ1v) is 9.88. The van der Waals surface area contributed by atoms with Gasteiger partial charge in [0.1, 0.15) is 9.79 Å². The molecular formula is C16H18O6S2. The van der Waals surface area contributed by atoms with Crippen molar-refractivity contribution < 1.29 is 25.9 Å². The molecule has 2 N–H and O–H groups in total. The van der Waals surface area contributed by atoms with E-state index < -0.39 is 30.0 Å². The van der Waals surface area contributed by atoms with Crippen LogP contribution in [0, 0.1) is 27.7 Å². The lowest BCUT2D eigenvalue weighted by molar-refractivity contribution is 0.480. The first-order chi connectivity index (χ1) is 10.8. The Bertz CT molecular complexity index is 949. The predicted molar refractivity (Wildman–Crippen MR) is 90.5 cm³/mol. The van der Waals surface area contributed by atoms with Gasteiger partial charge in [-0.3, -0.25) is 9.11 Å². The first kappa shape index (κ1) is 18.6. The second-order valence-corrected chi connectivity index (χ2v) is 8.60. The second kappa shape index (κ2) is 5.96. The van der Waals surface area contributed by atoms with Crippen molar-refractivity contribution in [2.45, 2.75) is 37.5 Å². The van der Waals surface area contributed by atoms with Crippen molar-refractivity contribution in [1.29, 1.82) is 0 Å². The third kappa shape index (κ3) is 3.51. The summed E-state index contributed by atoms with van der Waals surface area (Å²) in [6, 6.07) is 5.53. The van der Waals surface area contributed by atoms with Crippen LogP contribution in [0.4, 0.5) is 0 Å². The minimum atomic E-state index is -4.58. The van der Waals surface area contributed by atoms with E-state index in [9.17, 15) is 25.9 Å². The maximum Gasteiger partial charge on any atom is 0.295 e. The molecule has 24 heavy (non-hydrogen) atoms. The summed E-state index contributed by atoms with van der Waals surface area (Å²) in [6.07, 6.45) is 0. The molecule has 0 unspecified atom stereocenters. The largest absolute Gasteiger partial charge is 0.295 e. The van der Waals surface area contributed by atoms with Gasteiger partial charge in [-0.25, -0.2) is 0 Å². The maximum absolute atomic E-state index is 11.7. The number of aryl methyl sites for hydroxylation is 4. The Labute approximate surface area is 141 Å². The van der Waals surface area contributed by atoms with Crippen molar-refractivity contribution in [2.75, 3.05) is 0 Å². The zero-order valence-electron chi connectivity index (χ0n) is 13.7. The first-order valence-electron chi connectivity index (χ1n) is 7.00. The van der Waals surface area contributed by atoms with Crippen LogP contribution in [-0.2, 0) is 20.2 Å². The van der Waals surface area contributed by atoms with Gasteiger partial charge in [-0.1, -0.05) is 0 Å². The molecule has 0 heterocycles. The molecule has 0 bridgehead atoms. The van der Waals surface area contributed by atoms with Gasteiger partial charge in [-0.05, 0) is 74.2 Å². The third-order valence-electron chi connectivity index (χ3n) is 4.04. The van der Waals surface area contributed by atoms with E-state index in [-0.39, 0.29) is 11.1 Å². The number of benzene rings is 2. The van der Waals surface area contributed by atoms with Crippen LogP contribution in [-0.4, -0.2) is 25.9 Å². The fourth-order valence-corrected chi connectivity index (χ4v) is 3.97. The van der Waals surface area contributed by atoms with Crippen molar-refractivity contribution >= 4 is 20.2 Å². The molecule has 0 aromatic heterocycles. The number of hydrogen-bond acceptors (Lipinski definition) is 4. The van der Waals surface area contributed by atoms with Crippen molar-refractivity contribution in [1.82, 2.24) is 0 Å². The molecular weight excluding hydrogens is 352 g/mol. The van der Waals surface area contributed by atoms with Crippen LogP contribution >= 0.6 is 0 Å². The molecule has 0 atom stereocenters. The second-order valence-electron chi connectivity index (χ2n) is 5.82. The minimum Gasteiger partial charge on any atom is -0.282 e. The van der Waals surface area contributed by atoms with Gasteiger partial charge in [0, 0.05) is 11.1 Å². The molecule has 0 amide bonds. The summed E-state index contributed by atoms with van der Waals surface area (Å²) < 4.78 is 66.0. The quantitative estimate of drug-likeness (QED) is 0.804. The molecule has 0 saturated carbocycles. The summed E-state index contributed by atoms with van der Waals surface area (Å²) in [6.45, 7) is 6.83. The van der Waals surface area contributed by atoms with Crippen LogP contribution in [0.2, 0.25) is 0 Å². The Kier molecular flexibility index (Phi) is 4.62. The summed E-state index contributed by atoms with van der Waals surface area (Å²) in [4.78, 5) is -0.808. The van der Waals surface area contributed by atoms with Crippen LogP contribution in [0.3, 0.4) is 0 Å². The zero-order valence-corrected chi connectivity index (χ0v) is 15.3. The van der Waals surface area contributed by atoms with Gasteiger partial charge < -0.3 is 0 Å². The van der Waals surface area contributed by atoms with Crippen molar-refractivity contribution in [2.24, 2.45) is 0 Å². The molecule has 0 radical (unpaired) electrons. The lowest BCUT2D eigenvalue weighted by Gasteiger charge is -2.15. The normalized spacial score (nSPS) is 12.4. The van der Waals surface area contributed by atoms with Crippen molar-refractivity contribution in [3.05, 3.63) is 46.5 Å². The van der Waals surface area contributed by atoms with Gasteiger partial charge in [0.25, 0.3) is 20.2 Å². The molecule has 6 nitrogen and oxygen atoms in total. The van der Waals surface area contributed by atoms with Gasteiger partial charge in [-0.15, -0.1) is 0 Å². The Hall–Kier alpha value is -1.74. The SMILES string of the molecule is Cc1cc(-c2cc(C)c(C)cc2S(=O)(=O)O)c(S(=O)(=O)O)cc1C. The smallest absolute Gasteiger partial charge is 0.282 e. The fourth-order valence-electron chi connectivity index (χ4n) is 2.43. The molecule has 2 aromatic carbocycles. The van der Waals surface area contributed by atoms with Crippen LogP contribution in [0.1, 0.15) is 22.3 Å². The van der Waals surface area contributed by atoms with Gasteiger partial charge in [0.15, 0.2) is 0 Å². The van der Waals surface area contributed by atoms with E-state index >= 15 is 0 Å². The van der Waals surface area contributed by atoms with Gasteiger partial charge in [0.2, 0.25) is 0 Å². The Morgan fingerprint density at radius 3 is 1.08 bits per heavy atom. The molecule has 8 heteroatoms. The highest BCUT2D eigenvalue weighted by Crippen LogP contribution is 2.36. The summed E-state index contributed by atoms with van der Waals surface area (Å²) in [5.74, 6) is 0. The Balaban J connectivity index is 3.02. The maximum atomic E-state index is 11.7. The van der Waals surface area contributed by atoms with E-state index in [0.717, 1.165) is 11.1 Å². The number of rotatable bonds is 3. The highest BCUT2D eigenvalue weighted by Gasteiger charge is 2.24. The van der Waals surface area contributed by atoms with Gasteiger partial charge >= 0.3 is 0 Å². The lowest BCUT2D eigenvalue weighted by atomic mass is 9.97. The molecule has 0 fully saturated rings. The van der Waals surface area contributed by atoms with Gasteiger partial charge in [-0.2, -0.15) is 16.8 Å². The summed E-state index contributed by atoms with van der Waals surface area (Å²) >= 11 is 0. The molecule has 0 aliphatic heterocycles. The fraction of sp³-hybridized carbons (Fsp3) is 0.250. The molecule has 0 spiro atoms. The van der Waals surface area contributed by atoms with E-state index in [0.29, 0.717) is 11.1 Å². The average Bonchev–Trinajstić information content (AvgIpc) is 2.41. The van der Waals surface area contributed by atoms with E-state index in [1.165, 1.54) is 24.3 Å². The molecule has 0 saturated heterocycles.